The number of anilines is 1. The van der Waals surface area contributed by atoms with E-state index in [1.54, 1.807) is 18.3 Å². The van der Waals surface area contributed by atoms with Crippen LogP contribution in [0.15, 0.2) is 40.4 Å². The highest BCUT2D eigenvalue weighted by Crippen LogP contribution is 2.22. The summed E-state index contributed by atoms with van der Waals surface area (Å²) in [7, 11) is 0. The molecule has 0 unspecified atom stereocenters. The van der Waals surface area contributed by atoms with E-state index in [0.29, 0.717) is 35.1 Å². The molecule has 3 rings (SSSR count). The van der Waals surface area contributed by atoms with E-state index in [-0.39, 0.29) is 5.96 Å². The van der Waals surface area contributed by atoms with Crippen LogP contribution in [0.5, 0.6) is 5.75 Å². The number of nitrogens with zero attached hydrogens (tertiary/aromatic N) is 3. The summed E-state index contributed by atoms with van der Waals surface area (Å²) < 4.78 is 5.60. The van der Waals surface area contributed by atoms with Gasteiger partial charge in [0, 0.05) is 5.02 Å². The van der Waals surface area contributed by atoms with E-state index in [1.807, 2.05) is 39.8 Å². The van der Waals surface area contributed by atoms with Crippen molar-refractivity contribution in [2.24, 2.45) is 15.7 Å². The Labute approximate surface area is 166 Å². The number of rotatable bonds is 6. The Bertz CT molecular complexity index is 724. The summed E-state index contributed by atoms with van der Waals surface area (Å²) in [5, 5.41) is 3.53. The quantitative estimate of drug-likeness (QED) is 0.493. The van der Waals surface area contributed by atoms with Crippen LogP contribution in [0.25, 0.3) is 0 Å². The van der Waals surface area contributed by atoms with Gasteiger partial charge in [0.2, 0.25) is 0 Å². The van der Waals surface area contributed by atoms with Gasteiger partial charge in [0.05, 0.1) is 12.2 Å². The molecule has 0 aliphatic heterocycles. The molecule has 148 valence electrons. The zero-order valence-corrected chi connectivity index (χ0v) is 17.1. The molecule has 4 N–H and O–H groups in total. The van der Waals surface area contributed by atoms with Gasteiger partial charge in [-0.25, -0.2) is 9.98 Å². The Morgan fingerprint density at radius 3 is 2.78 bits per heavy atom. The van der Waals surface area contributed by atoms with Crippen molar-refractivity contribution in [3.63, 3.8) is 0 Å². The summed E-state index contributed by atoms with van der Waals surface area (Å²) in [6.45, 7) is 8.29. The third kappa shape index (κ3) is 9.10. The lowest BCUT2D eigenvalue weighted by Crippen LogP contribution is -2.22. The molecule has 7 nitrogen and oxygen atoms in total. The van der Waals surface area contributed by atoms with Gasteiger partial charge in [-0.2, -0.15) is 0 Å². The fourth-order valence-corrected chi connectivity index (χ4v) is 1.97. The van der Waals surface area contributed by atoms with Gasteiger partial charge in [-0.05, 0) is 31.0 Å². The van der Waals surface area contributed by atoms with Crippen LogP contribution >= 0.6 is 11.6 Å². The third-order valence-corrected chi connectivity index (χ3v) is 3.32. The van der Waals surface area contributed by atoms with Crippen LogP contribution in [-0.4, -0.2) is 28.3 Å². The fourth-order valence-electron chi connectivity index (χ4n) is 1.79. The molecule has 8 heteroatoms. The maximum absolute atomic E-state index is 5.90. The molecule has 0 atom stereocenters. The minimum atomic E-state index is 0.250. The molecular weight excluding hydrogens is 364 g/mol. The van der Waals surface area contributed by atoms with Crippen LogP contribution < -0.4 is 15.8 Å². The molecule has 1 aliphatic rings. The van der Waals surface area contributed by atoms with Gasteiger partial charge in [0.25, 0.3) is 0 Å². The second-order valence-corrected chi connectivity index (χ2v) is 5.56. The Kier molecular flexibility index (Phi) is 10.6. The maximum atomic E-state index is 5.90. The van der Waals surface area contributed by atoms with Gasteiger partial charge in [-0.15, -0.1) is 0 Å². The fraction of sp³-hybridized carbons (Fsp3) is 0.421. The number of ether oxygens (including phenoxy) is 1. The number of aliphatic imine (C=N–C) groups is 2. The highest BCUT2D eigenvalue weighted by molar-refractivity contribution is 6.30. The lowest BCUT2D eigenvalue weighted by molar-refractivity contribution is 0.297. The summed E-state index contributed by atoms with van der Waals surface area (Å²) in [5.74, 6) is 2.23. The standard InChI is InChI=1S/C15H17ClN6O.2C2H6/c16-10-2-1-3-12(6-10)23-8-14-18-7-13(21-14)22-15(17)20-9-19-11-4-5-11;2*1-2/h1-3,6-7,9,11H,4-5,8H2,(H,18,21)(H3,17,19,20,22);2*1-2H3. The molecule has 27 heavy (non-hydrogen) atoms. The van der Waals surface area contributed by atoms with Crippen molar-refractivity contribution in [1.29, 1.82) is 0 Å². The summed E-state index contributed by atoms with van der Waals surface area (Å²) >= 11 is 5.90. The van der Waals surface area contributed by atoms with Gasteiger partial charge in [-0.1, -0.05) is 45.4 Å². The van der Waals surface area contributed by atoms with Crippen molar-refractivity contribution < 1.29 is 4.74 Å². The van der Waals surface area contributed by atoms with Gasteiger partial charge < -0.3 is 20.8 Å². The number of H-pyrrole nitrogens is 1. The molecule has 1 heterocycles. The van der Waals surface area contributed by atoms with Crippen molar-refractivity contribution in [3.8, 4) is 5.75 Å². The molecule has 0 bridgehead atoms. The SMILES string of the molecule is CC.CC.NC(=NC=NC1CC1)Nc1cnc(COc2cccc(Cl)c2)[nH]1. The van der Waals surface area contributed by atoms with E-state index >= 15 is 0 Å². The number of guanidine groups is 1. The predicted molar refractivity (Wildman–Crippen MR) is 114 cm³/mol. The number of hydrogen-bond donors (Lipinski definition) is 3. The Hall–Kier alpha value is -2.54. The summed E-state index contributed by atoms with van der Waals surface area (Å²) in [6.07, 6.45) is 5.38. The molecule has 0 spiro atoms. The van der Waals surface area contributed by atoms with Crippen molar-refractivity contribution in [3.05, 3.63) is 41.3 Å². The van der Waals surface area contributed by atoms with Crippen LogP contribution in [0.3, 0.4) is 0 Å². The first kappa shape index (κ1) is 22.5. The summed E-state index contributed by atoms with van der Waals surface area (Å²) in [6, 6.07) is 7.62. The first-order valence-electron chi connectivity index (χ1n) is 9.23. The second-order valence-electron chi connectivity index (χ2n) is 5.12. The van der Waals surface area contributed by atoms with E-state index in [2.05, 4.69) is 25.3 Å². The van der Waals surface area contributed by atoms with Gasteiger partial charge in [0.1, 0.15) is 30.3 Å². The van der Waals surface area contributed by atoms with Gasteiger partial charge in [0.15, 0.2) is 5.96 Å². The largest absolute Gasteiger partial charge is 0.486 e. The average molecular weight is 393 g/mol. The minimum Gasteiger partial charge on any atom is -0.486 e. The first-order valence-corrected chi connectivity index (χ1v) is 9.61. The van der Waals surface area contributed by atoms with Gasteiger partial charge >= 0.3 is 0 Å². The normalized spacial score (nSPS) is 13.3. The molecule has 1 fully saturated rings. The van der Waals surface area contributed by atoms with E-state index in [9.17, 15) is 0 Å². The van der Waals surface area contributed by atoms with Crippen LogP contribution in [-0.2, 0) is 6.61 Å². The number of nitrogens with one attached hydrogen (secondary N) is 2. The highest BCUT2D eigenvalue weighted by Gasteiger charge is 2.18. The predicted octanol–water partition coefficient (Wildman–Crippen LogP) is 4.61. The van der Waals surface area contributed by atoms with Crippen molar-refractivity contribution in [2.75, 3.05) is 5.32 Å². The van der Waals surface area contributed by atoms with E-state index in [1.165, 1.54) is 6.34 Å². The number of hydrogen-bond acceptors (Lipinski definition) is 3. The van der Waals surface area contributed by atoms with Crippen molar-refractivity contribution in [1.82, 2.24) is 9.97 Å². The van der Waals surface area contributed by atoms with E-state index in [0.717, 1.165) is 12.8 Å². The highest BCUT2D eigenvalue weighted by atomic mass is 35.5. The average Bonchev–Trinajstić information content (AvgIpc) is 3.41. The van der Waals surface area contributed by atoms with Crippen LogP contribution in [0, 0.1) is 0 Å². The lowest BCUT2D eigenvalue weighted by atomic mass is 10.3. The molecule has 0 amide bonds. The number of nitrogens with two attached hydrogens (primary N) is 1. The maximum Gasteiger partial charge on any atom is 0.200 e. The monoisotopic (exact) mass is 392 g/mol. The number of benzene rings is 1. The molecule has 0 radical (unpaired) electrons. The molecule has 2 aromatic rings. The van der Waals surface area contributed by atoms with Gasteiger partial charge in [-0.3, -0.25) is 4.99 Å². The number of imidazole rings is 1. The number of aromatic amines is 1. The Balaban J connectivity index is 0.000000855. The van der Waals surface area contributed by atoms with E-state index in [4.69, 9.17) is 22.1 Å². The summed E-state index contributed by atoms with van der Waals surface area (Å²) in [4.78, 5) is 15.5. The zero-order valence-electron chi connectivity index (χ0n) is 16.4. The van der Waals surface area contributed by atoms with Crippen molar-refractivity contribution >= 4 is 29.7 Å². The topological polar surface area (TPSA) is 101 Å². The minimum absolute atomic E-state index is 0.250. The zero-order chi connectivity index (χ0) is 20.1. The molecule has 1 aromatic carbocycles. The lowest BCUT2D eigenvalue weighted by Gasteiger charge is -2.04. The number of aromatic nitrogens is 2. The smallest absolute Gasteiger partial charge is 0.200 e. The second kappa shape index (κ2) is 12.8. The van der Waals surface area contributed by atoms with Crippen molar-refractivity contribution in [2.45, 2.75) is 53.2 Å². The van der Waals surface area contributed by atoms with Crippen LogP contribution in [0.4, 0.5) is 5.82 Å². The van der Waals surface area contributed by atoms with Crippen LogP contribution in [0.1, 0.15) is 46.4 Å². The van der Waals surface area contributed by atoms with E-state index < -0.39 is 0 Å². The number of halogens is 1. The third-order valence-electron chi connectivity index (χ3n) is 3.08. The molecule has 1 aromatic heterocycles. The first-order chi connectivity index (χ1) is 13.2. The molecule has 0 saturated heterocycles. The van der Waals surface area contributed by atoms with Crippen LogP contribution in [0.2, 0.25) is 5.02 Å². The molecule has 1 saturated carbocycles. The molecule has 1 aliphatic carbocycles. The molecular formula is C19H29ClN6O. The Morgan fingerprint density at radius 1 is 1.37 bits per heavy atom. The Morgan fingerprint density at radius 2 is 2.11 bits per heavy atom. The summed E-state index contributed by atoms with van der Waals surface area (Å²) in [5.41, 5.74) is 5.76.